The van der Waals surface area contributed by atoms with Crippen LogP contribution in [-0.4, -0.2) is 42.4 Å². The van der Waals surface area contributed by atoms with Crippen LogP contribution >= 0.6 is 0 Å². The fraction of sp³-hybridized carbons (Fsp3) is 0.421. The van der Waals surface area contributed by atoms with Crippen molar-refractivity contribution in [3.63, 3.8) is 0 Å². The molecule has 0 fully saturated rings. The second kappa shape index (κ2) is 9.38. The molecule has 0 unspecified atom stereocenters. The highest BCUT2D eigenvalue weighted by atomic mass is 19.4. The molecule has 0 aromatic heterocycles. The van der Waals surface area contributed by atoms with Crippen LogP contribution in [0.2, 0.25) is 0 Å². The van der Waals surface area contributed by atoms with Gasteiger partial charge in [0.2, 0.25) is 0 Å². The van der Waals surface area contributed by atoms with Crippen molar-refractivity contribution in [3.8, 4) is 0 Å². The van der Waals surface area contributed by atoms with E-state index in [1.54, 1.807) is 4.90 Å². The van der Waals surface area contributed by atoms with Crippen molar-refractivity contribution in [3.05, 3.63) is 47.2 Å². The van der Waals surface area contributed by atoms with E-state index in [9.17, 15) is 27.6 Å². The summed E-state index contributed by atoms with van der Waals surface area (Å²) in [4.78, 5) is 37.3. The fourth-order valence-electron chi connectivity index (χ4n) is 2.77. The maximum atomic E-state index is 12.5. The van der Waals surface area contributed by atoms with Gasteiger partial charge in [-0.3, -0.25) is 14.4 Å². The molecule has 0 heterocycles. The Kier molecular flexibility index (Phi) is 7.19. The van der Waals surface area contributed by atoms with E-state index in [2.05, 4.69) is 5.32 Å². The van der Waals surface area contributed by atoms with Gasteiger partial charge in [0, 0.05) is 17.8 Å². The molecule has 0 saturated carbocycles. The lowest BCUT2D eigenvalue weighted by Gasteiger charge is -2.22. The number of ether oxygens (including phenoxy) is 1. The molecule has 0 spiro atoms. The van der Waals surface area contributed by atoms with E-state index >= 15 is 0 Å². The number of alkyl halides is 3. The van der Waals surface area contributed by atoms with E-state index < -0.39 is 36.8 Å². The Morgan fingerprint density at radius 3 is 2.39 bits per heavy atom. The molecular formula is C19H21F3N2O4. The number of rotatable bonds is 7. The summed E-state index contributed by atoms with van der Waals surface area (Å²) in [6, 6.07) is 3.59. The summed E-state index contributed by atoms with van der Waals surface area (Å²) in [5.41, 5.74) is 0.0150. The van der Waals surface area contributed by atoms with Crippen LogP contribution in [0.5, 0.6) is 0 Å². The summed E-state index contributed by atoms with van der Waals surface area (Å²) in [6.45, 7) is 1.35. The van der Waals surface area contributed by atoms with Crippen molar-refractivity contribution in [2.75, 3.05) is 19.7 Å². The second-order valence-electron chi connectivity index (χ2n) is 6.14. The molecule has 1 aliphatic carbocycles. The van der Waals surface area contributed by atoms with E-state index in [4.69, 9.17) is 4.74 Å². The summed E-state index contributed by atoms with van der Waals surface area (Å²) < 4.78 is 42.4. The molecule has 2 rings (SSSR count). The molecular weight excluding hydrogens is 377 g/mol. The molecule has 0 atom stereocenters. The minimum atomic E-state index is -4.49. The molecule has 6 nitrogen and oxygen atoms in total. The smallest absolute Gasteiger partial charge is 0.416 e. The molecule has 0 aliphatic heterocycles. The van der Waals surface area contributed by atoms with Crippen LogP contribution < -0.4 is 5.32 Å². The topological polar surface area (TPSA) is 75.7 Å². The molecule has 0 radical (unpaired) electrons. The van der Waals surface area contributed by atoms with Crippen LogP contribution in [0.1, 0.15) is 42.1 Å². The van der Waals surface area contributed by atoms with Crippen molar-refractivity contribution in [1.82, 2.24) is 10.2 Å². The van der Waals surface area contributed by atoms with Gasteiger partial charge in [0.15, 0.2) is 6.61 Å². The van der Waals surface area contributed by atoms with Crippen LogP contribution in [0.4, 0.5) is 13.2 Å². The number of esters is 1. The predicted molar refractivity (Wildman–Crippen MR) is 94.1 cm³/mol. The maximum absolute atomic E-state index is 12.5. The van der Waals surface area contributed by atoms with E-state index in [0.29, 0.717) is 6.54 Å². The minimum Gasteiger partial charge on any atom is -0.454 e. The monoisotopic (exact) mass is 398 g/mol. The van der Waals surface area contributed by atoms with E-state index in [-0.39, 0.29) is 11.5 Å². The SMILES string of the molecule is CCN(C(=O)COC(=O)CNC(=O)c1ccc(C(F)(F)F)cc1)C1=CCCC1. The largest absolute Gasteiger partial charge is 0.454 e. The van der Waals surface area contributed by atoms with Crippen LogP contribution in [0, 0.1) is 0 Å². The number of benzene rings is 1. The van der Waals surface area contributed by atoms with Gasteiger partial charge in [0.1, 0.15) is 6.54 Å². The van der Waals surface area contributed by atoms with E-state index in [1.165, 1.54) is 0 Å². The third-order valence-corrected chi connectivity index (χ3v) is 4.21. The zero-order chi connectivity index (χ0) is 20.7. The zero-order valence-corrected chi connectivity index (χ0v) is 15.3. The molecule has 0 saturated heterocycles. The summed E-state index contributed by atoms with van der Waals surface area (Å²) in [7, 11) is 0. The summed E-state index contributed by atoms with van der Waals surface area (Å²) in [5.74, 6) is -1.88. The highest BCUT2D eigenvalue weighted by Gasteiger charge is 2.30. The molecule has 9 heteroatoms. The Morgan fingerprint density at radius 2 is 1.86 bits per heavy atom. The molecule has 0 bridgehead atoms. The van der Waals surface area contributed by atoms with Crippen molar-refractivity contribution < 1.29 is 32.3 Å². The third-order valence-electron chi connectivity index (χ3n) is 4.21. The Hall–Kier alpha value is -2.84. The number of hydrogen-bond donors (Lipinski definition) is 1. The first-order valence-corrected chi connectivity index (χ1v) is 8.83. The number of carbonyl (C=O) groups excluding carboxylic acids is 3. The molecule has 152 valence electrons. The van der Waals surface area contributed by atoms with Crippen molar-refractivity contribution in [2.24, 2.45) is 0 Å². The molecule has 1 aromatic carbocycles. The second-order valence-corrected chi connectivity index (χ2v) is 6.14. The molecule has 1 N–H and O–H groups in total. The predicted octanol–water partition coefficient (Wildman–Crippen LogP) is 2.89. The standard InChI is InChI=1S/C19H21F3N2O4/c1-2-24(15-5-3-4-6-15)16(25)12-28-17(26)11-23-18(27)13-7-9-14(10-8-13)19(20,21)22/h5,7-10H,2-4,6,11-12H2,1H3,(H,23,27). The van der Waals surface area contributed by atoms with Gasteiger partial charge >= 0.3 is 12.1 Å². The Balaban J connectivity index is 1.78. The number of halogens is 3. The van der Waals surface area contributed by atoms with E-state index in [0.717, 1.165) is 49.2 Å². The lowest BCUT2D eigenvalue weighted by Crippen LogP contribution is -2.36. The van der Waals surface area contributed by atoms with Crippen LogP contribution in [0.25, 0.3) is 0 Å². The van der Waals surface area contributed by atoms with Gasteiger partial charge in [-0.2, -0.15) is 13.2 Å². The van der Waals surface area contributed by atoms with Gasteiger partial charge in [-0.05, 0) is 50.5 Å². The average Bonchev–Trinajstić information content (AvgIpc) is 3.18. The lowest BCUT2D eigenvalue weighted by atomic mass is 10.1. The highest BCUT2D eigenvalue weighted by Crippen LogP contribution is 2.29. The van der Waals surface area contributed by atoms with Crippen LogP contribution in [0.15, 0.2) is 36.0 Å². The maximum Gasteiger partial charge on any atom is 0.416 e. The number of nitrogens with one attached hydrogen (secondary N) is 1. The Bertz CT molecular complexity index is 757. The number of likely N-dealkylation sites (N-methyl/N-ethyl adjacent to an activating group) is 1. The molecule has 2 amide bonds. The number of nitrogens with zero attached hydrogens (tertiary/aromatic N) is 1. The first-order valence-electron chi connectivity index (χ1n) is 8.83. The summed E-state index contributed by atoms with van der Waals surface area (Å²) in [6.07, 6.45) is 0.181. The summed E-state index contributed by atoms with van der Waals surface area (Å²) in [5, 5.41) is 2.25. The number of amides is 2. The van der Waals surface area contributed by atoms with Gasteiger partial charge in [-0.1, -0.05) is 6.08 Å². The highest BCUT2D eigenvalue weighted by molar-refractivity contribution is 5.96. The minimum absolute atomic E-state index is 0.0257. The molecule has 1 aliphatic rings. The summed E-state index contributed by atoms with van der Waals surface area (Å²) >= 11 is 0. The lowest BCUT2D eigenvalue weighted by molar-refractivity contribution is -0.150. The van der Waals surface area contributed by atoms with E-state index in [1.807, 2.05) is 13.0 Å². The number of hydrogen-bond acceptors (Lipinski definition) is 4. The van der Waals surface area contributed by atoms with Crippen molar-refractivity contribution in [2.45, 2.75) is 32.4 Å². The average molecular weight is 398 g/mol. The Labute approximate surface area is 160 Å². The molecule has 1 aromatic rings. The number of allylic oxidation sites excluding steroid dienone is 2. The van der Waals surface area contributed by atoms with Crippen molar-refractivity contribution in [1.29, 1.82) is 0 Å². The first-order chi connectivity index (χ1) is 13.2. The van der Waals surface area contributed by atoms with Gasteiger partial charge in [-0.25, -0.2) is 0 Å². The van der Waals surface area contributed by atoms with Gasteiger partial charge < -0.3 is 15.0 Å². The third kappa shape index (κ3) is 5.83. The Morgan fingerprint density at radius 1 is 1.18 bits per heavy atom. The first kappa shape index (κ1) is 21.5. The number of carbonyl (C=O) groups is 3. The zero-order valence-electron chi connectivity index (χ0n) is 15.3. The molecule has 28 heavy (non-hydrogen) atoms. The van der Waals surface area contributed by atoms with Gasteiger partial charge in [0.05, 0.1) is 5.56 Å². The van der Waals surface area contributed by atoms with Crippen LogP contribution in [0.3, 0.4) is 0 Å². The van der Waals surface area contributed by atoms with Crippen molar-refractivity contribution >= 4 is 17.8 Å². The quantitative estimate of drug-likeness (QED) is 0.717. The normalized spacial score (nSPS) is 13.6. The van der Waals surface area contributed by atoms with Gasteiger partial charge in [-0.15, -0.1) is 0 Å². The van der Waals surface area contributed by atoms with Crippen LogP contribution in [-0.2, 0) is 20.5 Å². The fourth-order valence-corrected chi connectivity index (χ4v) is 2.77. The van der Waals surface area contributed by atoms with Gasteiger partial charge in [0.25, 0.3) is 11.8 Å².